The number of rotatable bonds is 11. The molecule has 1 aliphatic rings. The van der Waals surface area contributed by atoms with Crippen LogP contribution in [0, 0.1) is 0 Å². The lowest BCUT2D eigenvalue weighted by atomic mass is 10.1. The van der Waals surface area contributed by atoms with Gasteiger partial charge in [-0.3, -0.25) is 19.2 Å². The Hall–Kier alpha value is -3.52. The summed E-state index contributed by atoms with van der Waals surface area (Å²) in [5.41, 5.74) is 11.1. The van der Waals surface area contributed by atoms with Crippen molar-refractivity contribution in [3.8, 4) is 0 Å². The van der Waals surface area contributed by atoms with Crippen molar-refractivity contribution < 1.29 is 34.2 Å². The molecule has 14 nitrogen and oxygen atoms in total. The molecular weight excluding hydrogens is 426 g/mol. The summed E-state index contributed by atoms with van der Waals surface area (Å²) in [5, 5.41) is 23.1. The van der Waals surface area contributed by atoms with E-state index in [0.717, 1.165) is 0 Å². The van der Waals surface area contributed by atoms with Gasteiger partial charge >= 0.3 is 5.97 Å². The molecule has 9 N–H and O–H groups in total. The highest BCUT2D eigenvalue weighted by atomic mass is 16.4. The number of H-pyrrole nitrogens is 1. The van der Waals surface area contributed by atoms with Crippen LogP contribution in [0.3, 0.4) is 0 Å². The summed E-state index contributed by atoms with van der Waals surface area (Å²) in [5.74, 6) is -4.47. The molecule has 1 aromatic heterocycles. The number of hydrogen-bond donors (Lipinski definition) is 7. The lowest BCUT2D eigenvalue weighted by molar-refractivity contribution is -0.149. The van der Waals surface area contributed by atoms with Crippen LogP contribution in [0.4, 0.5) is 0 Å². The van der Waals surface area contributed by atoms with Crippen molar-refractivity contribution in [3.05, 3.63) is 18.2 Å². The number of carboxylic acid groups (broad SMARTS) is 1. The molecule has 0 saturated carbocycles. The van der Waals surface area contributed by atoms with Crippen LogP contribution in [0.2, 0.25) is 0 Å². The fourth-order valence-corrected chi connectivity index (χ4v) is 3.35. The molecule has 14 heteroatoms. The predicted octanol–water partition coefficient (Wildman–Crippen LogP) is -3.81. The SMILES string of the molecule is NC(=O)CC(NC(=O)C(N)CO)C(=O)NC(Cc1cnc[nH]1)C(=O)N1CCCC1C(=O)O. The molecule has 1 saturated heterocycles. The molecule has 0 aromatic carbocycles. The number of hydrogen-bond acceptors (Lipinski definition) is 8. The molecule has 0 aliphatic carbocycles. The summed E-state index contributed by atoms with van der Waals surface area (Å²) < 4.78 is 0. The lowest BCUT2D eigenvalue weighted by Crippen LogP contribution is -2.58. The Kier molecular flexibility index (Phi) is 8.66. The van der Waals surface area contributed by atoms with Crippen LogP contribution in [0.15, 0.2) is 12.5 Å². The van der Waals surface area contributed by atoms with Crippen LogP contribution in [0.1, 0.15) is 25.0 Å². The highest BCUT2D eigenvalue weighted by molar-refractivity contribution is 5.96. The minimum Gasteiger partial charge on any atom is -0.480 e. The fourth-order valence-electron chi connectivity index (χ4n) is 3.35. The molecular formula is C18H27N7O7. The van der Waals surface area contributed by atoms with Gasteiger partial charge in [0.25, 0.3) is 0 Å². The number of primary amides is 1. The molecule has 4 amide bonds. The number of aliphatic hydroxyl groups excluding tert-OH is 1. The zero-order valence-corrected chi connectivity index (χ0v) is 17.2. The van der Waals surface area contributed by atoms with Crippen molar-refractivity contribution in [3.63, 3.8) is 0 Å². The van der Waals surface area contributed by atoms with E-state index in [2.05, 4.69) is 20.6 Å². The van der Waals surface area contributed by atoms with Crippen molar-refractivity contribution in [2.75, 3.05) is 13.2 Å². The van der Waals surface area contributed by atoms with Gasteiger partial charge in [0.05, 0.1) is 19.4 Å². The summed E-state index contributed by atoms with van der Waals surface area (Å²) in [6, 6.07) is -5.01. The van der Waals surface area contributed by atoms with E-state index in [1.54, 1.807) is 0 Å². The number of likely N-dealkylation sites (tertiary alicyclic amines) is 1. The van der Waals surface area contributed by atoms with Crippen LogP contribution in [0.5, 0.6) is 0 Å². The van der Waals surface area contributed by atoms with Gasteiger partial charge in [-0.2, -0.15) is 0 Å². The van der Waals surface area contributed by atoms with Crippen LogP contribution in [-0.4, -0.2) is 92.0 Å². The van der Waals surface area contributed by atoms with Gasteiger partial charge in [0.15, 0.2) is 0 Å². The summed E-state index contributed by atoms with van der Waals surface area (Å²) in [6.07, 6.45) is 2.97. The van der Waals surface area contributed by atoms with E-state index in [0.29, 0.717) is 12.1 Å². The van der Waals surface area contributed by atoms with Gasteiger partial charge in [0.1, 0.15) is 24.2 Å². The largest absolute Gasteiger partial charge is 0.480 e. The van der Waals surface area contributed by atoms with Gasteiger partial charge < -0.3 is 42.2 Å². The summed E-state index contributed by atoms with van der Waals surface area (Å²) in [6.45, 7) is -0.485. The number of carboxylic acids is 1. The first-order valence-electron chi connectivity index (χ1n) is 9.90. The van der Waals surface area contributed by atoms with Crippen LogP contribution < -0.4 is 22.1 Å². The van der Waals surface area contributed by atoms with Crippen molar-refractivity contribution in [2.45, 2.75) is 49.9 Å². The second-order valence-corrected chi connectivity index (χ2v) is 7.39. The fraction of sp³-hybridized carbons (Fsp3) is 0.556. The Bertz CT molecular complexity index is 845. The first-order valence-corrected chi connectivity index (χ1v) is 9.90. The van der Waals surface area contributed by atoms with Gasteiger partial charge in [-0.25, -0.2) is 9.78 Å². The monoisotopic (exact) mass is 453 g/mol. The number of aromatic amines is 1. The van der Waals surface area contributed by atoms with Gasteiger partial charge in [-0.05, 0) is 12.8 Å². The summed E-state index contributed by atoms with van der Waals surface area (Å²) >= 11 is 0. The van der Waals surface area contributed by atoms with E-state index in [9.17, 15) is 29.1 Å². The van der Waals surface area contributed by atoms with Crippen LogP contribution >= 0.6 is 0 Å². The maximum absolute atomic E-state index is 13.1. The minimum atomic E-state index is -1.46. The molecule has 2 heterocycles. The lowest BCUT2D eigenvalue weighted by Gasteiger charge is -2.28. The van der Waals surface area contributed by atoms with E-state index in [1.807, 2.05) is 0 Å². The first kappa shape index (κ1) is 24.7. The van der Waals surface area contributed by atoms with Crippen LogP contribution in [-0.2, 0) is 30.4 Å². The van der Waals surface area contributed by atoms with E-state index in [1.165, 1.54) is 17.4 Å². The maximum Gasteiger partial charge on any atom is 0.326 e. The molecule has 4 unspecified atom stereocenters. The van der Waals surface area contributed by atoms with E-state index < -0.39 is 66.8 Å². The Morgan fingerprint density at radius 2 is 1.91 bits per heavy atom. The van der Waals surface area contributed by atoms with Gasteiger partial charge in [-0.1, -0.05) is 0 Å². The smallest absolute Gasteiger partial charge is 0.326 e. The minimum absolute atomic E-state index is 0.0409. The Balaban J connectivity index is 2.22. The maximum atomic E-state index is 13.1. The van der Waals surface area contributed by atoms with Crippen molar-refractivity contribution in [2.24, 2.45) is 11.5 Å². The quantitative estimate of drug-likeness (QED) is 0.174. The summed E-state index contributed by atoms with van der Waals surface area (Å²) in [4.78, 5) is 68.7. The number of nitrogens with two attached hydrogens (primary N) is 2. The first-order chi connectivity index (χ1) is 15.1. The molecule has 0 spiro atoms. The second kappa shape index (κ2) is 11.2. The third-order valence-corrected chi connectivity index (χ3v) is 4.99. The van der Waals surface area contributed by atoms with Gasteiger partial charge in [0.2, 0.25) is 23.6 Å². The van der Waals surface area contributed by atoms with Crippen LogP contribution in [0.25, 0.3) is 0 Å². The number of imidazole rings is 1. The second-order valence-electron chi connectivity index (χ2n) is 7.39. The standard InChI is InChI=1S/C18H27N7O7/c19-10(7-26)15(28)23-11(5-14(20)27)16(29)24-12(4-9-6-21-8-22-9)17(30)25-3-1-2-13(25)18(31)32/h6,8,10-13,26H,1-5,7,19H2,(H2,20,27)(H,21,22)(H,23,28)(H,24,29)(H,31,32). The van der Waals surface area contributed by atoms with E-state index >= 15 is 0 Å². The average Bonchev–Trinajstić information content (AvgIpc) is 3.43. The van der Waals surface area contributed by atoms with Crippen molar-refractivity contribution in [1.82, 2.24) is 25.5 Å². The predicted molar refractivity (Wildman–Crippen MR) is 107 cm³/mol. The number of carbonyl (C=O) groups excluding carboxylic acids is 4. The zero-order valence-electron chi connectivity index (χ0n) is 17.2. The molecule has 32 heavy (non-hydrogen) atoms. The Morgan fingerprint density at radius 3 is 2.47 bits per heavy atom. The van der Waals surface area contributed by atoms with Crippen molar-refractivity contribution >= 4 is 29.6 Å². The molecule has 1 aliphatic heterocycles. The van der Waals surface area contributed by atoms with Crippen molar-refractivity contribution in [1.29, 1.82) is 0 Å². The number of carbonyl (C=O) groups is 5. The highest BCUT2D eigenvalue weighted by Crippen LogP contribution is 2.19. The topological polar surface area (TPSA) is 234 Å². The average molecular weight is 453 g/mol. The van der Waals surface area contributed by atoms with Gasteiger partial charge in [-0.15, -0.1) is 0 Å². The molecule has 0 radical (unpaired) electrons. The number of nitrogens with zero attached hydrogens (tertiary/aromatic N) is 2. The Labute approximate surface area is 182 Å². The number of amides is 4. The molecule has 2 rings (SSSR count). The third-order valence-electron chi connectivity index (χ3n) is 4.99. The summed E-state index contributed by atoms with van der Waals surface area (Å²) in [7, 11) is 0. The molecule has 0 bridgehead atoms. The molecule has 176 valence electrons. The van der Waals surface area contributed by atoms with Gasteiger partial charge in [0, 0.05) is 24.9 Å². The Morgan fingerprint density at radius 1 is 1.22 bits per heavy atom. The number of aromatic nitrogens is 2. The zero-order chi connectivity index (χ0) is 23.8. The number of aliphatic hydroxyl groups is 1. The normalized spacial score (nSPS) is 18.4. The molecule has 1 aromatic rings. The number of nitrogens with one attached hydrogen (secondary N) is 3. The molecule has 4 atom stereocenters. The van der Waals surface area contributed by atoms with E-state index in [4.69, 9.17) is 16.6 Å². The third kappa shape index (κ3) is 6.49. The highest BCUT2D eigenvalue weighted by Gasteiger charge is 2.38. The number of aliphatic carboxylic acids is 1. The molecule has 1 fully saturated rings. The van der Waals surface area contributed by atoms with E-state index in [-0.39, 0.29) is 19.4 Å².